The number of nitrogens with zero attached hydrogens (tertiary/aromatic N) is 1. The number of hydrogen-bond donors (Lipinski definition) is 0. The fourth-order valence-corrected chi connectivity index (χ4v) is 2.99. The van der Waals surface area contributed by atoms with E-state index in [1.165, 1.54) is 23.9 Å². The highest BCUT2D eigenvalue weighted by Gasteiger charge is 2.17. The Morgan fingerprint density at radius 2 is 1.96 bits per heavy atom. The van der Waals surface area contributed by atoms with Crippen molar-refractivity contribution < 1.29 is 13.9 Å². The molecule has 5 heteroatoms. The van der Waals surface area contributed by atoms with Crippen LogP contribution in [0.1, 0.15) is 18.5 Å². The molecule has 2 aromatic carbocycles. The molecule has 2 rings (SSSR count). The lowest BCUT2D eigenvalue weighted by Gasteiger charge is -2.25. The monoisotopic (exact) mass is 333 g/mol. The summed E-state index contributed by atoms with van der Waals surface area (Å²) in [6.45, 7) is 1.93. The van der Waals surface area contributed by atoms with E-state index in [9.17, 15) is 9.18 Å². The van der Waals surface area contributed by atoms with Crippen LogP contribution in [0.15, 0.2) is 53.4 Å². The molecule has 0 saturated carbocycles. The van der Waals surface area contributed by atoms with E-state index in [4.69, 9.17) is 4.74 Å². The lowest BCUT2D eigenvalue weighted by atomic mass is 10.1. The zero-order valence-corrected chi connectivity index (χ0v) is 14.3. The third-order valence-electron chi connectivity index (χ3n) is 3.73. The first-order valence-corrected chi connectivity index (χ1v) is 8.28. The van der Waals surface area contributed by atoms with Crippen LogP contribution in [0.25, 0.3) is 0 Å². The molecule has 1 unspecified atom stereocenters. The number of benzene rings is 2. The maximum Gasteiger partial charge on any atom is 0.233 e. The van der Waals surface area contributed by atoms with Crippen LogP contribution in [-0.2, 0) is 4.79 Å². The van der Waals surface area contributed by atoms with Crippen LogP contribution >= 0.6 is 11.8 Å². The van der Waals surface area contributed by atoms with Crippen molar-refractivity contribution in [2.24, 2.45) is 0 Å². The summed E-state index contributed by atoms with van der Waals surface area (Å²) >= 11 is 1.47. The van der Waals surface area contributed by atoms with E-state index >= 15 is 0 Å². The molecule has 1 atom stereocenters. The summed E-state index contributed by atoms with van der Waals surface area (Å²) in [6.07, 6.45) is 0. The molecule has 0 fully saturated rings. The van der Waals surface area contributed by atoms with Crippen LogP contribution in [0.4, 0.5) is 4.39 Å². The second-order valence-corrected chi connectivity index (χ2v) is 6.25. The molecule has 0 bridgehead atoms. The van der Waals surface area contributed by atoms with Crippen LogP contribution in [0.3, 0.4) is 0 Å². The Hall–Kier alpha value is -2.01. The van der Waals surface area contributed by atoms with Gasteiger partial charge in [-0.05, 0) is 42.8 Å². The molecule has 0 aromatic heterocycles. The predicted molar refractivity (Wildman–Crippen MR) is 91.3 cm³/mol. The van der Waals surface area contributed by atoms with Gasteiger partial charge < -0.3 is 9.64 Å². The van der Waals surface area contributed by atoms with E-state index in [0.717, 1.165) is 16.2 Å². The topological polar surface area (TPSA) is 29.5 Å². The maximum atomic E-state index is 13.0. The standard InChI is InChI=1S/C18H20FNO2S/c1-13(14-7-9-15(19)10-8-14)20(2)18(21)12-23-17-6-4-5-16(11-17)22-3/h4-11,13H,12H2,1-3H3. The summed E-state index contributed by atoms with van der Waals surface area (Å²) in [4.78, 5) is 15.0. The van der Waals surface area contributed by atoms with Crippen molar-refractivity contribution in [1.82, 2.24) is 4.90 Å². The molecule has 0 heterocycles. The molecule has 122 valence electrons. The molecule has 0 N–H and O–H groups in total. The first kappa shape index (κ1) is 17.3. The minimum atomic E-state index is -0.275. The van der Waals surface area contributed by atoms with E-state index in [1.807, 2.05) is 31.2 Å². The molecular formula is C18H20FNO2S. The fraction of sp³-hybridized carbons (Fsp3) is 0.278. The summed E-state index contributed by atoms with van der Waals surface area (Å²) in [5.74, 6) is 0.864. The molecule has 0 aliphatic rings. The van der Waals surface area contributed by atoms with Gasteiger partial charge in [0.2, 0.25) is 5.91 Å². The van der Waals surface area contributed by atoms with E-state index in [2.05, 4.69) is 0 Å². The average Bonchev–Trinajstić information content (AvgIpc) is 2.59. The first-order valence-electron chi connectivity index (χ1n) is 7.29. The summed E-state index contributed by atoms with van der Waals surface area (Å²) in [5, 5.41) is 0. The second kappa shape index (κ2) is 8.02. The smallest absolute Gasteiger partial charge is 0.233 e. The Bertz CT molecular complexity index is 660. The predicted octanol–water partition coefficient (Wildman–Crippen LogP) is 4.15. The minimum absolute atomic E-state index is 0.0228. The van der Waals surface area contributed by atoms with E-state index < -0.39 is 0 Å². The van der Waals surface area contributed by atoms with E-state index in [1.54, 1.807) is 31.2 Å². The van der Waals surface area contributed by atoms with Crippen molar-refractivity contribution in [3.8, 4) is 5.75 Å². The number of hydrogen-bond acceptors (Lipinski definition) is 3. The van der Waals surface area contributed by atoms with Crippen LogP contribution in [-0.4, -0.2) is 30.7 Å². The van der Waals surface area contributed by atoms with Gasteiger partial charge in [0.05, 0.1) is 18.9 Å². The highest BCUT2D eigenvalue weighted by Crippen LogP contribution is 2.25. The summed E-state index contributed by atoms with van der Waals surface area (Å²) < 4.78 is 18.2. The summed E-state index contributed by atoms with van der Waals surface area (Å²) in [7, 11) is 3.38. The highest BCUT2D eigenvalue weighted by atomic mass is 32.2. The number of amides is 1. The molecule has 2 aromatic rings. The van der Waals surface area contributed by atoms with Gasteiger partial charge in [0, 0.05) is 11.9 Å². The van der Waals surface area contributed by atoms with Crippen LogP contribution in [0.5, 0.6) is 5.75 Å². The average molecular weight is 333 g/mol. The molecule has 0 radical (unpaired) electrons. The maximum absolute atomic E-state index is 13.0. The Morgan fingerprint density at radius 1 is 1.26 bits per heavy atom. The van der Waals surface area contributed by atoms with Gasteiger partial charge >= 0.3 is 0 Å². The van der Waals surface area contributed by atoms with Crippen LogP contribution < -0.4 is 4.74 Å². The van der Waals surface area contributed by atoms with Crippen molar-refractivity contribution >= 4 is 17.7 Å². The van der Waals surface area contributed by atoms with Gasteiger partial charge in [-0.2, -0.15) is 0 Å². The number of methoxy groups -OCH3 is 1. The molecular weight excluding hydrogens is 313 g/mol. The van der Waals surface area contributed by atoms with Crippen LogP contribution in [0.2, 0.25) is 0 Å². The highest BCUT2D eigenvalue weighted by molar-refractivity contribution is 8.00. The van der Waals surface area contributed by atoms with Crippen molar-refractivity contribution in [2.45, 2.75) is 17.9 Å². The Labute approximate surface area is 140 Å². The molecule has 0 saturated heterocycles. The largest absolute Gasteiger partial charge is 0.497 e. The van der Waals surface area contributed by atoms with Gasteiger partial charge in [-0.1, -0.05) is 18.2 Å². The van der Waals surface area contributed by atoms with Crippen molar-refractivity contribution in [3.63, 3.8) is 0 Å². The van der Waals surface area contributed by atoms with Crippen LogP contribution in [0, 0.1) is 5.82 Å². The normalized spacial score (nSPS) is 11.8. The summed E-state index contributed by atoms with van der Waals surface area (Å²) in [5.41, 5.74) is 0.911. The number of ether oxygens (including phenoxy) is 1. The number of carbonyl (C=O) groups is 1. The van der Waals surface area contributed by atoms with Gasteiger partial charge in [0.1, 0.15) is 11.6 Å². The van der Waals surface area contributed by atoms with E-state index in [-0.39, 0.29) is 17.8 Å². The number of thioether (sulfide) groups is 1. The minimum Gasteiger partial charge on any atom is -0.497 e. The zero-order chi connectivity index (χ0) is 16.8. The zero-order valence-electron chi connectivity index (χ0n) is 13.5. The number of rotatable bonds is 6. The quantitative estimate of drug-likeness (QED) is 0.744. The number of carbonyl (C=O) groups excluding carboxylic acids is 1. The third kappa shape index (κ3) is 4.73. The molecule has 3 nitrogen and oxygen atoms in total. The Morgan fingerprint density at radius 3 is 2.61 bits per heavy atom. The van der Waals surface area contributed by atoms with Gasteiger partial charge in [-0.25, -0.2) is 4.39 Å². The van der Waals surface area contributed by atoms with Crippen molar-refractivity contribution in [1.29, 1.82) is 0 Å². The van der Waals surface area contributed by atoms with Gasteiger partial charge in [0.25, 0.3) is 0 Å². The molecule has 23 heavy (non-hydrogen) atoms. The third-order valence-corrected chi connectivity index (χ3v) is 4.71. The van der Waals surface area contributed by atoms with Gasteiger partial charge in [-0.3, -0.25) is 4.79 Å². The van der Waals surface area contributed by atoms with Gasteiger partial charge in [-0.15, -0.1) is 11.8 Å². The molecule has 0 aliphatic carbocycles. The van der Waals surface area contributed by atoms with Gasteiger partial charge in [0.15, 0.2) is 0 Å². The first-order chi connectivity index (χ1) is 11.0. The Balaban J connectivity index is 1.95. The lowest BCUT2D eigenvalue weighted by Crippen LogP contribution is -2.31. The Kier molecular flexibility index (Phi) is 6.04. The SMILES string of the molecule is COc1cccc(SCC(=O)N(C)C(C)c2ccc(F)cc2)c1. The van der Waals surface area contributed by atoms with Crippen molar-refractivity contribution in [2.75, 3.05) is 19.9 Å². The molecule has 0 spiro atoms. The fourth-order valence-electron chi connectivity index (χ4n) is 2.12. The van der Waals surface area contributed by atoms with Crippen molar-refractivity contribution in [3.05, 3.63) is 59.9 Å². The summed E-state index contributed by atoms with van der Waals surface area (Å²) in [6, 6.07) is 13.8. The molecule has 0 aliphatic heterocycles. The lowest BCUT2D eigenvalue weighted by molar-refractivity contribution is -0.128. The number of halogens is 1. The molecule has 1 amide bonds. The van der Waals surface area contributed by atoms with E-state index in [0.29, 0.717) is 5.75 Å². The second-order valence-electron chi connectivity index (χ2n) is 5.20.